The number of rotatable bonds is 3. The van der Waals surface area contributed by atoms with Gasteiger partial charge >= 0.3 is 0 Å². The third-order valence-corrected chi connectivity index (χ3v) is 8.89. The summed E-state index contributed by atoms with van der Waals surface area (Å²) in [6, 6.07) is 10.4. The molecule has 2 heterocycles. The Balaban J connectivity index is 1.20. The van der Waals surface area contributed by atoms with Crippen LogP contribution in [0.3, 0.4) is 0 Å². The summed E-state index contributed by atoms with van der Waals surface area (Å²) in [5.74, 6) is 2.61. The van der Waals surface area contributed by atoms with E-state index in [1.165, 1.54) is 18.4 Å². The summed E-state index contributed by atoms with van der Waals surface area (Å²) >= 11 is 1.96. The summed E-state index contributed by atoms with van der Waals surface area (Å²) in [4.78, 5) is 30.3. The minimum absolute atomic E-state index is 0.0428. The zero-order chi connectivity index (χ0) is 19.1. The molecule has 0 radical (unpaired) electrons. The highest BCUT2D eigenvalue weighted by Gasteiger charge is 2.51. The number of nitrogens with zero attached hydrogens (tertiary/aromatic N) is 2. The van der Waals surface area contributed by atoms with Gasteiger partial charge in [-0.1, -0.05) is 43.2 Å². The first-order chi connectivity index (χ1) is 13.7. The quantitative estimate of drug-likeness (QED) is 0.776. The molecule has 0 N–H and O–H groups in total. The van der Waals surface area contributed by atoms with Gasteiger partial charge in [-0.25, -0.2) is 0 Å². The molecule has 28 heavy (non-hydrogen) atoms. The Kier molecular flexibility index (Phi) is 4.90. The molecule has 5 rings (SSSR count). The lowest BCUT2D eigenvalue weighted by Gasteiger charge is -2.45. The van der Waals surface area contributed by atoms with E-state index in [4.69, 9.17) is 0 Å². The molecule has 0 aromatic heterocycles. The van der Waals surface area contributed by atoms with Crippen LogP contribution in [0.25, 0.3) is 0 Å². The fourth-order valence-electron chi connectivity index (χ4n) is 5.57. The lowest BCUT2D eigenvalue weighted by Crippen LogP contribution is -2.54. The molecule has 1 aromatic carbocycles. The number of benzene rings is 1. The predicted molar refractivity (Wildman–Crippen MR) is 112 cm³/mol. The number of amides is 2. The number of thioether (sulfide) groups is 1. The number of piperidine rings is 1. The van der Waals surface area contributed by atoms with Crippen LogP contribution in [0.15, 0.2) is 30.3 Å². The second-order valence-electron chi connectivity index (χ2n) is 8.95. The van der Waals surface area contributed by atoms with Crippen molar-refractivity contribution >= 4 is 23.6 Å². The smallest absolute Gasteiger partial charge is 0.226 e. The van der Waals surface area contributed by atoms with Crippen LogP contribution >= 0.6 is 11.8 Å². The number of likely N-dealkylation sites (tertiary alicyclic amines) is 1. The van der Waals surface area contributed by atoms with Crippen molar-refractivity contribution in [2.24, 2.45) is 11.8 Å². The van der Waals surface area contributed by atoms with Crippen LogP contribution in [0, 0.1) is 11.8 Å². The van der Waals surface area contributed by atoms with Gasteiger partial charge < -0.3 is 9.80 Å². The molecule has 1 spiro atoms. The molecular formula is C23H30N2O2S. The third-order valence-electron chi connectivity index (χ3n) is 7.34. The van der Waals surface area contributed by atoms with Crippen LogP contribution < -0.4 is 0 Å². The first kappa shape index (κ1) is 18.5. The minimum Gasteiger partial charge on any atom is -0.342 e. The molecule has 2 amide bonds. The molecule has 4 fully saturated rings. The summed E-state index contributed by atoms with van der Waals surface area (Å²) in [5.41, 5.74) is 1.30. The van der Waals surface area contributed by atoms with E-state index in [2.05, 4.69) is 34.1 Å². The number of hydrogen-bond acceptors (Lipinski definition) is 3. The average Bonchev–Trinajstić information content (AvgIpc) is 3.15. The molecule has 0 bridgehead atoms. The van der Waals surface area contributed by atoms with E-state index in [9.17, 15) is 9.59 Å². The van der Waals surface area contributed by atoms with Crippen molar-refractivity contribution in [3.8, 4) is 0 Å². The highest BCUT2D eigenvalue weighted by Crippen LogP contribution is 2.50. The molecule has 2 saturated heterocycles. The Bertz CT molecular complexity index is 738. The largest absolute Gasteiger partial charge is 0.342 e. The molecule has 4 nitrogen and oxygen atoms in total. The minimum atomic E-state index is -0.0428. The van der Waals surface area contributed by atoms with Crippen LogP contribution in [0.2, 0.25) is 0 Å². The van der Waals surface area contributed by atoms with Crippen molar-refractivity contribution in [3.63, 3.8) is 0 Å². The normalized spacial score (nSPS) is 29.4. The van der Waals surface area contributed by atoms with Crippen molar-refractivity contribution in [2.75, 3.05) is 25.4 Å². The van der Waals surface area contributed by atoms with Crippen molar-refractivity contribution < 1.29 is 9.59 Å². The lowest BCUT2D eigenvalue weighted by molar-refractivity contribution is -0.140. The molecule has 2 atom stereocenters. The zero-order valence-electron chi connectivity index (χ0n) is 16.5. The fraction of sp³-hybridized carbons (Fsp3) is 0.652. The molecule has 2 unspecified atom stereocenters. The first-order valence-corrected chi connectivity index (χ1v) is 12.0. The van der Waals surface area contributed by atoms with E-state index in [0.717, 1.165) is 57.5 Å². The van der Waals surface area contributed by atoms with E-state index in [-0.39, 0.29) is 16.7 Å². The van der Waals surface area contributed by atoms with Gasteiger partial charge in [0, 0.05) is 37.2 Å². The molecule has 1 aromatic rings. The topological polar surface area (TPSA) is 40.6 Å². The summed E-state index contributed by atoms with van der Waals surface area (Å²) in [6.45, 7) is 2.50. The van der Waals surface area contributed by atoms with Gasteiger partial charge in [0.25, 0.3) is 0 Å². The Morgan fingerprint density at radius 3 is 2.39 bits per heavy atom. The number of carbonyl (C=O) groups excluding carboxylic acids is 2. The van der Waals surface area contributed by atoms with Gasteiger partial charge in [-0.3, -0.25) is 9.59 Å². The maximum atomic E-state index is 13.1. The Hall–Kier alpha value is -1.49. The first-order valence-electron chi connectivity index (χ1n) is 11.0. The molecule has 4 aliphatic rings. The van der Waals surface area contributed by atoms with Gasteiger partial charge in [0.1, 0.15) is 0 Å². The standard InChI is InChI=1S/C23H30N2O2S/c26-21(18-8-4-5-9-18)25-14-15-28-23(25)10-12-24(13-11-23)22(27)20-16-19(20)17-6-2-1-3-7-17/h1-3,6-7,18-20H,4-5,8-16H2. The van der Waals surface area contributed by atoms with Gasteiger partial charge in [-0.05, 0) is 43.6 Å². The number of carbonyl (C=O) groups is 2. The molecule has 150 valence electrons. The summed E-state index contributed by atoms with van der Waals surface area (Å²) in [5, 5.41) is 0. The van der Waals surface area contributed by atoms with Gasteiger partial charge in [0.15, 0.2) is 0 Å². The maximum Gasteiger partial charge on any atom is 0.226 e. The lowest BCUT2D eigenvalue weighted by atomic mass is 9.98. The van der Waals surface area contributed by atoms with E-state index in [1.54, 1.807) is 0 Å². The van der Waals surface area contributed by atoms with E-state index in [0.29, 0.717) is 17.7 Å². The Morgan fingerprint density at radius 1 is 0.964 bits per heavy atom. The van der Waals surface area contributed by atoms with Gasteiger partial charge in [-0.2, -0.15) is 0 Å². The van der Waals surface area contributed by atoms with Crippen molar-refractivity contribution in [1.29, 1.82) is 0 Å². The number of hydrogen-bond donors (Lipinski definition) is 0. The highest BCUT2D eigenvalue weighted by molar-refractivity contribution is 8.00. The summed E-state index contributed by atoms with van der Waals surface area (Å²) in [6.07, 6.45) is 7.42. The SMILES string of the molecule is O=C(C1CC1c1ccccc1)N1CCC2(CC1)SCCN2C(=O)C1CCCC1. The summed E-state index contributed by atoms with van der Waals surface area (Å²) < 4.78 is 0. The second-order valence-corrected chi connectivity index (χ2v) is 10.4. The Morgan fingerprint density at radius 2 is 1.68 bits per heavy atom. The highest BCUT2D eigenvalue weighted by atomic mass is 32.2. The molecule has 2 saturated carbocycles. The Labute approximate surface area is 172 Å². The van der Waals surface area contributed by atoms with E-state index >= 15 is 0 Å². The van der Waals surface area contributed by atoms with Gasteiger partial charge in [0.2, 0.25) is 11.8 Å². The van der Waals surface area contributed by atoms with Crippen LogP contribution in [0.5, 0.6) is 0 Å². The average molecular weight is 399 g/mol. The van der Waals surface area contributed by atoms with Crippen molar-refractivity contribution in [2.45, 2.75) is 55.7 Å². The maximum absolute atomic E-state index is 13.1. The molecule has 2 aliphatic carbocycles. The van der Waals surface area contributed by atoms with Crippen LogP contribution in [0.4, 0.5) is 0 Å². The summed E-state index contributed by atoms with van der Waals surface area (Å²) in [7, 11) is 0. The molecular weight excluding hydrogens is 368 g/mol. The van der Waals surface area contributed by atoms with Crippen LogP contribution in [-0.4, -0.2) is 51.9 Å². The molecule has 5 heteroatoms. The monoisotopic (exact) mass is 398 g/mol. The second kappa shape index (κ2) is 7.40. The zero-order valence-corrected chi connectivity index (χ0v) is 17.3. The van der Waals surface area contributed by atoms with Crippen molar-refractivity contribution in [1.82, 2.24) is 9.80 Å². The van der Waals surface area contributed by atoms with Crippen molar-refractivity contribution in [3.05, 3.63) is 35.9 Å². The predicted octanol–water partition coefficient (Wildman–Crippen LogP) is 3.87. The van der Waals surface area contributed by atoms with Crippen LogP contribution in [0.1, 0.15) is 56.4 Å². The fourth-order valence-corrected chi connectivity index (χ4v) is 7.04. The third kappa shape index (κ3) is 3.26. The van der Waals surface area contributed by atoms with Gasteiger partial charge in [0.05, 0.1) is 4.87 Å². The van der Waals surface area contributed by atoms with Crippen LogP contribution in [-0.2, 0) is 9.59 Å². The van der Waals surface area contributed by atoms with Gasteiger partial charge in [-0.15, -0.1) is 11.8 Å². The van der Waals surface area contributed by atoms with E-state index in [1.807, 2.05) is 17.8 Å². The molecule has 2 aliphatic heterocycles. The van der Waals surface area contributed by atoms with E-state index < -0.39 is 0 Å².